The largest absolute Gasteiger partial charge is 0.342 e. The number of aryl methyl sites for hydroxylation is 1. The predicted molar refractivity (Wildman–Crippen MR) is 75.3 cm³/mol. The number of pyridine rings is 1. The van der Waals surface area contributed by atoms with Crippen LogP contribution in [0.1, 0.15) is 36.1 Å². The zero-order valence-corrected chi connectivity index (χ0v) is 11.8. The SMILES string of the molecule is CC(C)[C@H](NC(=O)c1ccc[nH]c1=O)c1nccn1C. The lowest BCUT2D eigenvalue weighted by Crippen LogP contribution is -2.36. The van der Waals surface area contributed by atoms with Crippen LogP contribution in [0.2, 0.25) is 0 Å². The number of nitrogens with one attached hydrogen (secondary N) is 2. The number of amides is 1. The third kappa shape index (κ3) is 2.79. The van der Waals surface area contributed by atoms with E-state index in [2.05, 4.69) is 15.3 Å². The number of imidazole rings is 1. The number of carbonyl (C=O) groups is 1. The van der Waals surface area contributed by atoms with Gasteiger partial charge in [-0.2, -0.15) is 0 Å². The summed E-state index contributed by atoms with van der Waals surface area (Å²) in [5.41, 5.74) is -0.292. The Morgan fingerprint density at radius 1 is 1.45 bits per heavy atom. The van der Waals surface area contributed by atoms with E-state index in [9.17, 15) is 9.59 Å². The van der Waals surface area contributed by atoms with E-state index in [1.807, 2.05) is 31.7 Å². The second kappa shape index (κ2) is 5.73. The third-order valence-corrected chi connectivity index (χ3v) is 3.15. The lowest BCUT2D eigenvalue weighted by molar-refractivity contribution is 0.0921. The zero-order chi connectivity index (χ0) is 14.7. The average Bonchev–Trinajstić information content (AvgIpc) is 2.82. The molecular weight excluding hydrogens is 256 g/mol. The first-order valence-corrected chi connectivity index (χ1v) is 6.46. The minimum atomic E-state index is -0.396. The monoisotopic (exact) mass is 274 g/mol. The van der Waals surface area contributed by atoms with Crippen LogP contribution in [-0.2, 0) is 7.05 Å². The van der Waals surface area contributed by atoms with Crippen molar-refractivity contribution in [2.24, 2.45) is 13.0 Å². The first kappa shape index (κ1) is 14.0. The van der Waals surface area contributed by atoms with Crippen LogP contribution in [0.15, 0.2) is 35.5 Å². The number of rotatable bonds is 4. The molecule has 106 valence electrons. The van der Waals surface area contributed by atoms with Gasteiger partial charge in [-0.25, -0.2) is 4.98 Å². The van der Waals surface area contributed by atoms with Crippen molar-refractivity contribution in [3.63, 3.8) is 0 Å². The Morgan fingerprint density at radius 3 is 2.75 bits per heavy atom. The van der Waals surface area contributed by atoms with Crippen LogP contribution >= 0.6 is 0 Å². The molecule has 2 N–H and O–H groups in total. The molecule has 0 saturated heterocycles. The van der Waals surface area contributed by atoms with Crippen LogP contribution in [0.4, 0.5) is 0 Å². The molecule has 0 aliphatic rings. The lowest BCUT2D eigenvalue weighted by atomic mass is 10.0. The Balaban J connectivity index is 2.26. The molecule has 0 unspecified atom stereocenters. The summed E-state index contributed by atoms with van der Waals surface area (Å²) in [4.78, 5) is 30.6. The van der Waals surface area contributed by atoms with E-state index < -0.39 is 11.5 Å². The average molecular weight is 274 g/mol. The van der Waals surface area contributed by atoms with Crippen molar-refractivity contribution < 1.29 is 4.79 Å². The standard InChI is InChI=1S/C14H18N4O2/c1-9(2)11(12-15-7-8-18(12)3)17-14(20)10-5-4-6-16-13(10)19/h4-9,11H,1-3H3,(H,16,19)(H,17,20)/t11-/m0/s1. The molecule has 0 radical (unpaired) electrons. The van der Waals surface area contributed by atoms with Gasteiger partial charge in [0, 0.05) is 25.6 Å². The molecule has 2 aromatic rings. The van der Waals surface area contributed by atoms with Crippen LogP contribution in [-0.4, -0.2) is 20.4 Å². The molecule has 0 saturated carbocycles. The number of hydrogen-bond donors (Lipinski definition) is 2. The van der Waals surface area contributed by atoms with Crippen molar-refractivity contribution in [2.75, 3.05) is 0 Å². The summed E-state index contributed by atoms with van der Waals surface area (Å²) < 4.78 is 1.86. The summed E-state index contributed by atoms with van der Waals surface area (Å²) in [6.07, 6.45) is 5.01. The Hall–Kier alpha value is -2.37. The lowest BCUT2D eigenvalue weighted by Gasteiger charge is -2.21. The highest BCUT2D eigenvalue weighted by atomic mass is 16.2. The Kier molecular flexibility index (Phi) is 4.02. The van der Waals surface area contributed by atoms with E-state index in [1.54, 1.807) is 12.3 Å². The molecule has 0 aliphatic carbocycles. The summed E-state index contributed by atoms with van der Waals surface area (Å²) in [5.74, 6) is 0.525. The maximum Gasteiger partial charge on any atom is 0.260 e. The third-order valence-electron chi connectivity index (χ3n) is 3.15. The van der Waals surface area contributed by atoms with Crippen molar-refractivity contribution in [2.45, 2.75) is 19.9 Å². The fourth-order valence-corrected chi connectivity index (χ4v) is 2.03. The summed E-state index contributed by atoms with van der Waals surface area (Å²) >= 11 is 0. The van der Waals surface area contributed by atoms with Gasteiger partial charge in [-0.3, -0.25) is 9.59 Å². The zero-order valence-electron chi connectivity index (χ0n) is 11.8. The second-order valence-corrected chi connectivity index (χ2v) is 5.00. The highest BCUT2D eigenvalue weighted by Crippen LogP contribution is 2.19. The molecule has 1 atom stereocenters. The molecular formula is C14H18N4O2. The molecule has 0 aliphatic heterocycles. The molecule has 2 rings (SSSR count). The van der Waals surface area contributed by atoms with Crippen LogP contribution in [0, 0.1) is 5.92 Å². The molecule has 0 aromatic carbocycles. The molecule has 0 bridgehead atoms. The van der Waals surface area contributed by atoms with Crippen LogP contribution < -0.4 is 10.9 Å². The van der Waals surface area contributed by atoms with Gasteiger partial charge in [0.2, 0.25) is 0 Å². The first-order valence-electron chi connectivity index (χ1n) is 6.46. The normalized spacial score (nSPS) is 12.4. The topological polar surface area (TPSA) is 79.8 Å². The Bertz CT molecular complexity index is 657. The molecule has 0 spiro atoms. The minimum absolute atomic E-state index is 0.104. The van der Waals surface area contributed by atoms with Gasteiger partial charge in [0.25, 0.3) is 11.5 Å². The second-order valence-electron chi connectivity index (χ2n) is 5.00. The van der Waals surface area contributed by atoms with Gasteiger partial charge >= 0.3 is 0 Å². The van der Waals surface area contributed by atoms with E-state index in [0.29, 0.717) is 0 Å². The molecule has 2 aromatic heterocycles. The van der Waals surface area contributed by atoms with Gasteiger partial charge in [0.1, 0.15) is 11.4 Å². The van der Waals surface area contributed by atoms with Gasteiger partial charge in [0.15, 0.2) is 0 Å². The van der Waals surface area contributed by atoms with Crippen molar-refractivity contribution >= 4 is 5.91 Å². The quantitative estimate of drug-likeness (QED) is 0.880. The maximum atomic E-state index is 12.2. The number of nitrogens with zero attached hydrogens (tertiary/aromatic N) is 2. The molecule has 6 nitrogen and oxygen atoms in total. The first-order chi connectivity index (χ1) is 9.50. The van der Waals surface area contributed by atoms with Gasteiger partial charge in [-0.15, -0.1) is 0 Å². The van der Waals surface area contributed by atoms with Crippen molar-refractivity contribution in [3.8, 4) is 0 Å². The van der Waals surface area contributed by atoms with Crippen LogP contribution in [0.25, 0.3) is 0 Å². The van der Waals surface area contributed by atoms with Crippen molar-refractivity contribution in [1.82, 2.24) is 19.9 Å². The summed E-state index contributed by atoms with van der Waals surface area (Å²) in [6, 6.07) is 2.88. The molecule has 20 heavy (non-hydrogen) atoms. The number of aromatic amines is 1. The van der Waals surface area contributed by atoms with Crippen molar-refractivity contribution in [1.29, 1.82) is 0 Å². The van der Waals surface area contributed by atoms with E-state index in [0.717, 1.165) is 5.82 Å². The number of H-pyrrole nitrogens is 1. The fourth-order valence-electron chi connectivity index (χ4n) is 2.03. The number of hydrogen-bond acceptors (Lipinski definition) is 3. The molecule has 0 fully saturated rings. The molecule has 2 heterocycles. The highest BCUT2D eigenvalue weighted by molar-refractivity contribution is 5.93. The number of carbonyl (C=O) groups excluding carboxylic acids is 1. The fraction of sp³-hybridized carbons (Fsp3) is 0.357. The number of aromatic nitrogens is 3. The maximum absolute atomic E-state index is 12.2. The summed E-state index contributed by atoms with van der Waals surface area (Å²) in [6.45, 7) is 3.99. The summed E-state index contributed by atoms with van der Waals surface area (Å²) in [5, 5.41) is 2.87. The smallest absolute Gasteiger partial charge is 0.260 e. The van der Waals surface area contributed by atoms with Crippen LogP contribution in [0.3, 0.4) is 0 Å². The van der Waals surface area contributed by atoms with E-state index in [1.165, 1.54) is 12.3 Å². The molecule has 6 heteroatoms. The van der Waals surface area contributed by atoms with E-state index in [-0.39, 0.29) is 17.5 Å². The van der Waals surface area contributed by atoms with Gasteiger partial charge in [-0.1, -0.05) is 13.8 Å². The highest BCUT2D eigenvalue weighted by Gasteiger charge is 2.23. The molecule has 1 amide bonds. The minimum Gasteiger partial charge on any atom is -0.342 e. The van der Waals surface area contributed by atoms with E-state index in [4.69, 9.17) is 0 Å². The van der Waals surface area contributed by atoms with E-state index >= 15 is 0 Å². The van der Waals surface area contributed by atoms with Gasteiger partial charge in [0.05, 0.1) is 6.04 Å². The Labute approximate surface area is 116 Å². The van der Waals surface area contributed by atoms with Crippen molar-refractivity contribution in [3.05, 3.63) is 52.5 Å². The van der Waals surface area contributed by atoms with Crippen LogP contribution in [0.5, 0.6) is 0 Å². The van der Waals surface area contributed by atoms with Gasteiger partial charge < -0.3 is 14.9 Å². The Morgan fingerprint density at radius 2 is 2.20 bits per heavy atom. The predicted octanol–water partition coefficient (Wildman–Crippen LogP) is 1.24. The summed E-state index contributed by atoms with van der Waals surface area (Å²) in [7, 11) is 1.87. The van der Waals surface area contributed by atoms with Gasteiger partial charge in [-0.05, 0) is 18.1 Å².